The number of hydrogen-bond acceptors (Lipinski definition) is 3. The SMILES string of the molecule is CC[C@@H](C)NC(=O)Cn1c(=O)n(-c2cccc(Cl)c2)c(=O)c2cc(C)ccc21. The first-order valence-corrected chi connectivity index (χ1v) is 9.51. The Labute approximate surface area is 167 Å². The van der Waals surface area contributed by atoms with Gasteiger partial charge in [-0.15, -0.1) is 0 Å². The Morgan fingerprint density at radius 3 is 2.61 bits per heavy atom. The number of benzene rings is 2. The molecule has 1 N–H and O–H groups in total. The lowest BCUT2D eigenvalue weighted by molar-refractivity contribution is -0.122. The minimum Gasteiger partial charge on any atom is -0.352 e. The van der Waals surface area contributed by atoms with Crippen LogP contribution in [0.3, 0.4) is 0 Å². The summed E-state index contributed by atoms with van der Waals surface area (Å²) in [4.78, 5) is 38.7. The monoisotopic (exact) mass is 399 g/mol. The van der Waals surface area contributed by atoms with Crippen LogP contribution in [-0.4, -0.2) is 21.1 Å². The smallest absolute Gasteiger partial charge is 0.336 e. The normalized spacial score (nSPS) is 12.1. The lowest BCUT2D eigenvalue weighted by atomic mass is 10.1. The molecule has 1 heterocycles. The molecule has 146 valence electrons. The molecule has 0 aliphatic heterocycles. The summed E-state index contributed by atoms with van der Waals surface area (Å²) in [7, 11) is 0. The average Bonchev–Trinajstić information content (AvgIpc) is 2.65. The van der Waals surface area contributed by atoms with Gasteiger partial charge in [0.1, 0.15) is 6.54 Å². The lowest BCUT2D eigenvalue weighted by Gasteiger charge is -2.16. The standard InChI is InChI=1S/C21H22ClN3O3/c1-4-14(3)23-19(26)12-24-18-9-8-13(2)10-17(18)20(27)25(21(24)28)16-7-5-6-15(22)11-16/h5-11,14H,4,12H2,1-3H3,(H,23,26)/t14-/m1/s1. The van der Waals surface area contributed by atoms with Crippen molar-refractivity contribution in [2.75, 3.05) is 0 Å². The first-order chi connectivity index (χ1) is 13.3. The van der Waals surface area contributed by atoms with Crippen molar-refractivity contribution in [3.05, 3.63) is 73.9 Å². The number of hydrogen-bond donors (Lipinski definition) is 1. The summed E-state index contributed by atoms with van der Waals surface area (Å²) >= 11 is 6.05. The lowest BCUT2D eigenvalue weighted by Crippen LogP contribution is -2.43. The van der Waals surface area contributed by atoms with Crippen molar-refractivity contribution in [2.24, 2.45) is 0 Å². The zero-order valence-corrected chi connectivity index (χ0v) is 16.8. The van der Waals surface area contributed by atoms with Gasteiger partial charge in [-0.25, -0.2) is 9.36 Å². The number of nitrogens with one attached hydrogen (secondary N) is 1. The third-order valence-corrected chi connectivity index (χ3v) is 4.92. The van der Waals surface area contributed by atoms with Gasteiger partial charge in [-0.3, -0.25) is 14.2 Å². The fourth-order valence-corrected chi connectivity index (χ4v) is 3.23. The number of aromatic nitrogens is 2. The second-order valence-electron chi connectivity index (χ2n) is 6.89. The summed E-state index contributed by atoms with van der Waals surface area (Å²) in [5.41, 5.74) is 0.657. The molecular formula is C21H22ClN3O3. The van der Waals surface area contributed by atoms with Crippen LogP contribution in [0, 0.1) is 6.92 Å². The van der Waals surface area contributed by atoms with E-state index in [4.69, 9.17) is 11.6 Å². The Morgan fingerprint density at radius 1 is 1.18 bits per heavy atom. The first-order valence-electron chi connectivity index (χ1n) is 9.13. The molecule has 28 heavy (non-hydrogen) atoms. The van der Waals surface area contributed by atoms with E-state index in [1.54, 1.807) is 36.4 Å². The van der Waals surface area contributed by atoms with Gasteiger partial charge >= 0.3 is 5.69 Å². The average molecular weight is 400 g/mol. The maximum atomic E-state index is 13.2. The van der Waals surface area contributed by atoms with Crippen LogP contribution in [0.25, 0.3) is 16.6 Å². The minimum absolute atomic E-state index is 0.00412. The molecule has 0 saturated heterocycles. The van der Waals surface area contributed by atoms with Crippen molar-refractivity contribution in [3.63, 3.8) is 0 Å². The number of fused-ring (bicyclic) bond motifs is 1. The fraction of sp³-hybridized carbons (Fsp3) is 0.286. The molecule has 2 aromatic carbocycles. The van der Waals surface area contributed by atoms with E-state index in [9.17, 15) is 14.4 Å². The Bertz CT molecular complexity index is 1160. The van der Waals surface area contributed by atoms with E-state index in [-0.39, 0.29) is 18.5 Å². The summed E-state index contributed by atoms with van der Waals surface area (Å²) in [5.74, 6) is -0.283. The maximum absolute atomic E-state index is 13.2. The first kappa shape index (κ1) is 19.9. The third kappa shape index (κ3) is 3.87. The molecule has 7 heteroatoms. The highest BCUT2D eigenvalue weighted by Crippen LogP contribution is 2.15. The number of carbonyl (C=O) groups is 1. The van der Waals surface area contributed by atoms with E-state index in [1.165, 1.54) is 4.57 Å². The second kappa shape index (κ2) is 8.02. The molecule has 0 aliphatic carbocycles. The van der Waals surface area contributed by atoms with Crippen LogP contribution < -0.4 is 16.6 Å². The van der Waals surface area contributed by atoms with Gasteiger partial charge in [0, 0.05) is 11.1 Å². The number of amides is 1. The van der Waals surface area contributed by atoms with E-state index in [0.29, 0.717) is 21.6 Å². The molecule has 0 unspecified atom stereocenters. The summed E-state index contributed by atoms with van der Waals surface area (Å²) in [5, 5.41) is 3.64. The van der Waals surface area contributed by atoms with Crippen LogP contribution in [0.4, 0.5) is 0 Å². The molecule has 0 fully saturated rings. The van der Waals surface area contributed by atoms with E-state index < -0.39 is 11.2 Å². The van der Waals surface area contributed by atoms with Crippen molar-refractivity contribution in [3.8, 4) is 5.69 Å². The van der Waals surface area contributed by atoms with Crippen LogP contribution in [0.2, 0.25) is 5.02 Å². The highest BCUT2D eigenvalue weighted by atomic mass is 35.5. The molecule has 3 aromatic rings. The summed E-state index contributed by atoms with van der Waals surface area (Å²) < 4.78 is 2.39. The van der Waals surface area contributed by atoms with Crippen molar-refractivity contribution in [2.45, 2.75) is 39.8 Å². The molecule has 0 spiro atoms. The van der Waals surface area contributed by atoms with Gasteiger partial charge in [0.05, 0.1) is 16.6 Å². The summed E-state index contributed by atoms with van der Waals surface area (Å²) in [6, 6.07) is 11.8. The number of nitrogens with zero attached hydrogens (tertiary/aromatic N) is 2. The van der Waals surface area contributed by atoms with Crippen LogP contribution in [0.5, 0.6) is 0 Å². The number of halogens is 1. The van der Waals surface area contributed by atoms with E-state index >= 15 is 0 Å². The maximum Gasteiger partial charge on any atom is 0.336 e. The zero-order valence-electron chi connectivity index (χ0n) is 16.0. The van der Waals surface area contributed by atoms with Crippen molar-refractivity contribution in [1.82, 2.24) is 14.5 Å². The van der Waals surface area contributed by atoms with E-state index in [2.05, 4.69) is 5.32 Å². The minimum atomic E-state index is -0.581. The number of carbonyl (C=O) groups excluding carboxylic acids is 1. The van der Waals surface area contributed by atoms with Crippen molar-refractivity contribution >= 4 is 28.4 Å². The van der Waals surface area contributed by atoms with Gasteiger partial charge in [0.15, 0.2) is 0 Å². The van der Waals surface area contributed by atoms with Crippen LogP contribution in [-0.2, 0) is 11.3 Å². The Balaban J connectivity index is 2.26. The predicted octanol–water partition coefficient (Wildman–Crippen LogP) is 3.03. The van der Waals surface area contributed by atoms with Crippen LogP contribution in [0.15, 0.2) is 52.1 Å². The van der Waals surface area contributed by atoms with Gasteiger partial charge in [0.25, 0.3) is 5.56 Å². The van der Waals surface area contributed by atoms with Crippen molar-refractivity contribution in [1.29, 1.82) is 0 Å². The van der Waals surface area contributed by atoms with Crippen molar-refractivity contribution < 1.29 is 4.79 Å². The molecule has 3 rings (SSSR count). The second-order valence-corrected chi connectivity index (χ2v) is 7.32. The molecule has 0 radical (unpaired) electrons. The number of aryl methyl sites for hydroxylation is 1. The van der Waals surface area contributed by atoms with Gasteiger partial charge in [0.2, 0.25) is 5.91 Å². The molecular weight excluding hydrogens is 378 g/mol. The van der Waals surface area contributed by atoms with Gasteiger partial charge in [-0.2, -0.15) is 0 Å². The van der Waals surface area contributed by atoms with E-state index in [0.717, 1.165) is 16.6 Å². The molecule has 1 atom stereocenters. The summed E-state index contributed by atoms with van der Waals surface area (Å²) in [6.45, 7) is 5.56. The molecule has 1 aromatic heterocycles. The Hall–Kier alpha value is -2.86. The summed E-state index contributed by atoms with van der Waals surface area (Å²) in [6.07, 6.45) is 0.780. The van der Waals surface area contributed by atoms with Gasteiger partial charge in [-0.05, 0) is 50.6 Å². The predicted molar refractivity (Wildman–Crippen MR) is 111 cm³/mol. The quantitative estimate of drug-likeness (QED) is 0.716. The molecule has 0 aliphatic rings. The fourth-order valence-electron chi connectivity index (χ4n) is 3.05. The molecule has 1 amide bonds. The molecule has 0 saturated carbocycles. The Kier molecular flexibility index (Phi) is 5.70. The number of rotatable bonds is 5. The van der Waals surface area contributed by atoms with Gasteiger partial charge in [-0.1, -0.05) is 36.2 Å². The Morgan fingerprint density at radius 2 is 1.93 bits per heavy atom. The van der Waals surface area contributed by atoms with Crippen LogP contribution >= 0.6 is 11.6 Å². The highest BCUT2D eigenvalue weighted by Gasteiger charge is 2.17. The van der Waals surface area contributed by atoms with E-state index in [1.807, 2.05) is 26.8 Å². The zero-order chi connectivity index (χ0) is 20.4. The third-order valence-electron chi connectivity index (χ3n) is 4.69. The van der Waals surface area contributed by atoms with Crippen LogP contribution in [0.1, 0.15) is 25.8 Å². The highest BCUT2D eigenvalue weighted by molar-refractivity contribution is 6.30. The largest absolute Gasteiger partial charge is 0.352 e. The molecule has 6 nitrogen and oxygen atoms in total. The topological polar surface area (TPSA) is 73.1 Å². The molecule has 0 bridgehead atoms. The van der Waals surface area contributed by atoms with Gasteiger partial charge < -0.3 is 5.32 Å².